The lowest BCUT2D eigenvalue weighted by Crippen LogP contribution is -2.48. The fourth-order valence-corrected chi connectivity index (χ4v) is 2.78. The van der Waals surface area contributed by atoms with Gasteiger partial charge in [-0.3, -0.25) is 9.69 Å². The Morgan fingerprint density at radius 2 is 1.88 bits per heavy atom. The van der Waals surface area contributed by atoms with Gasteiger partial charge in [-0.1, -0.05) is 37.6 Å². The average Bonchev–Trinajstić information content (AvgIpc) is 2.56. The number of carbonyl (C=O) groups excluding carboxylic acids is 1. The molecule has 1 unspecified atom stereocenters. The maximum Gasteiger partial charge on any atom is 0.237 e. The fourth-order valence-electron chi connectivity index (χ4n) is 2.65. The number of halogens is 2. The minimum Gasteiger partial charge on any atom is -0.379 e. The number of benzene rings is 1. The fraction of sp³-hybridized carbons (Fsp3) is 0.588. The molecule has 1 amide bonds. The summed E-state index contributed by atoms with van der Waals surface area (Å²) in [5.41, 5.74) is 7.05. The normalized spacial score (nSPS) is 17.9. The number of nitrogens with one attached hydrogen (secondary N) is 1. The predicted molar refractivity (Wildman–Crippen MR) is 99.7 cm³/mol. The van der Waals surface area contributed by atoms with Crippen LogP contribution in [0.4, 0.5) is 0 Å². The molecule has 0 bridgehead atoms. The molecule has 1 saturated heterocycles. The Hall–Kier alpha value is -0.850. The van der Waals surface area contributed by atoms with Gasteiger partial charge in [-0.15, -0.1) is 12.4 Å². The number of hydrogen-bond donors (Lipinski definition) is 2. The molecule has 3 N–H and O–H groups in total. The lowest BCUT2D eigenvalue weighted by atomic mass is 10.0. The van der Waals surface area contributed by atoms with Crippen LogP contribution in [0.15, 0.2) is 24.3 Å². The Labute approximate surface area is 155 Å². The summed E-state index contributed by atoms with van der Waals surface area (Å²) >= 11 is 5.99. The van der Waals surface area contributed by atoms with E-state index < -0.39 is 6.04 Å². The molecule has 5 nitrogen and oxygen atoms in total. The third-order valence-electron chi connectivity index (χ3n) is 4.23. The smallest absolute Gasteiger partial charge is 0.237 e. The summed E-state index contributed by atoms with van der Waals surface area (Å²) in [4.78, 5) is 14.5. The average molecular weight is 376 g/mol. The van der Waals surface area contributed by atoms with Gasteiger partial charge in [0.2, 0.25) is 5.91 Å². The molecule has 24 heavy (non-hydrogen) atoms. The van der Waals surface area contributed by atoms with Crippen LogP contribution in [0.3, 0.4) is 0 Å². The molecular weight excluding hydrogens is 349 g/mol. The van der Waals surface area contributed by atoms with E-state index in [0.717, 1.165) is 18.7 Å². The molecule has 1 aromatic carbocycles. The van der Waals surface area contributed by atoms with Crippen LogP contribution in [-0.4, -0.2) is 49.7 Å². The van der Waals surface area contributed by atoms with Crippen LogP contribution in [0, 0.1) is 5.92 Å². The van der Waals surface area contributed by atoms with Gasteiger partial charge in [0, 0.05) is 24.7 Å². The molecule has 0 saturated carbocycles. The lowest BCUT2D eigenvalue weighted by molar-refractivity contribution is -0.123. The number of nitrogens with two attached hydrogens (primary N) is 1. The number of nitrogens with zero attached hydrogens (tertiary/aromatic N) is 1. The van der Waals surface area contributed by atoms with Crippen LogP contribution >= 0.6 is 24.0 Å². The second kappa shape index (κ2) is 10.2. The molecular formula is C17H27Cl2N3O2. The molecule has 1 heterocycles. The van der Waals surface area contributed by atoms with Crippen molar-refractivity contribution in [3.8, 4) is 0 Å². The SMILES string of the molecule is CC(C)[C@H](N)C(=O)NCC(c1ccc(Cl)cc1)N1CCOCC1.Cl. The zero-order chi connectivity index (χ0) is 16.8. The predicted octanol–water partition coefficient (Wildman–Crippen LogP) is 2.23. The van der Waals surface area contributed by atoms with E-state index in [4.69, 9.17) is 22.1 Å². The molecule has 2 rings (SSSR count). The van der Waals surface area contributed by atoms with E-state index in [9.17, 15) is 4.79 Å². The Bertz CT molecular complexity index is 505. The molecule has 7 heteroatoms. The van der Waals surface area contributed by atoms with Gasteiger partial charge in [0.15, 0.2) is 0 Å². The van der Waals surface area contributed by atoms with Crippen molar-refractivity contribution in [1.82, 2.24) is 10.2 Å². The highest BCUT2D eigenvalue weighted by atomic mass is 35.5. The van der Waals surface area contributed by atoms with E-state index >= 15 is 0 Å². The van der Waals surface area contributed by atoms with Gasteiger partial charge in [-0.05, 0) is 23.6 Å². The van der Waals surface area contributed by atoms with E-state index in [-0.39, 0.29) is 30.3 Å². The second-order valence-corrected chi connectivity index (χ2v) is 6.67. The summed E-state index contributed by atoms with van der Waals surface area (Å²) in [5, 5.41) is 3.70. The number of ether oxygens (including phenoxy) is 1. The topological polar surface area (TPSA) is 67.6 Å². The summed E-state index contributed by atoms with van der Waals surface area (Å²) in [6, 6.07) is 7.40. The van der Waals surface area contributed by atoms with Crippen molar-refractivity contribution in [2.75, 3.05) is 32.8 Å². The van der Waals surface area contributed by atoms with E-state index in [1.165, 1.54) is 0 Å². The van der Waals surface area contributed by atoms with Gasteiger partial charge in [0.25, 0.3) is 0 Å². The van der Waals surface area contributed by atoms with Crippen molar-refractivity contribution in [1.29, 1.82) is 0 Å². The van der Waals surface area contributed by atoms with Crippen molar-refractivity contribution < 1.29 is 9.53 Å². The zero-order valence-corrected chi connectivity index (χ0v) is 15.8. The number of morpholine rings is 1. The van der Waals surface area contributed by atoms with Gasteiger partial charge >= 0.3 is 0 Å². The first-order valence-corrected chi connectivity index (χ1v) is 8.47. The van der Waals surface area contributed by atoms with Gasteiger partial charge in [-0.25, -0.2) is 0 Å². The molecule has 1 aromatic rings. The van der Waals surface area contributed by atoms with Gasteiger partial charge in [0.05, 0.1) is 25.3 Å². The summed E-state index contributed by atoms with van der Waals surface area (Å²) < 4.78 is 5.43. The molecule has 1 fully saturated rings. The van der Waals surface area contributed by atoms with Crippen LogP contribution in [-0.2, 0) is 9.53 Å². The quantitative estimate of drug-likeness (QED) is 0.799. The Morgan fingerprint density at radius 1 is 1.29 bits per heavy atom. The first-order valence-electron chi connectivity index (χ1n) is 8.09. The van der Waals surface area contributed by atoms with Gasteiger partial charge in [-0.2, -0.15) is 0 Å². The monoisotopic (exact) mass is 375 g/mol. The molecule has 1 aliphatic heterocycles. The van der Waals surface area contributed by atoms with Crippen LogP contribution in [0.5, 0.6) is 0 Å². The molecule has 0 radical (unpaired) electrons. The minimum absolute atomic E-state index is 0. The highest BCUT2D eigenvalue weighted by Gasteiger charge is 2.24. The van der Waals surface area contributed by atoms with E-state index in [1.54, 1.807) is 0 Å². The molecule has 1 aliphatic rings. The van der Waals surface area contributed by atoms with E-state index in [1.807, 2.05) is 38.1 Å². The number of rotatable bonds is 6. The third-order valence-corrected chi connectivity index (χ3v) is 4.48. The largest absolute Gasteiger partial charge is 0.379 e. The van der Waals surface area contributed by atoms with Gasteiger partial charge < -0.3 is 15.8 Å². The summed E-state index contributed by atoms with van der Waals surface area (Å²) in [6.45, 7) is 7.54. The Morgan fingerprint density at radius 3 is 2.42 bits per heavy atom. The highest BCUT2D eigenvalue weighted by Crippen LogP contribution is 2.23. The van der Waals surface area contributed by atoms with Gasteiger partial charge in [0.1, 0.15) is 0 Å². The first kappa shape index (κ1) is 21.2. The summed E-state index contributed by atoms with van der Waals surface area (Å²) in [6.07, 6.45) is 0. The number of carbonyl (C=O) groups is 1. The molecule has 136 valence electrons. The number of amides is 1. The molecule has 0 aromatic heterocycles. The lowest BCUT2D eigenvalue weighted by Gasteiger charge is -2.35. The van der Waals surface area contributed by atoms with Crippen molar-refractivity contribution in [3.63, 3.8) is 0 Å². The third kappa shape index (κ3) is 5.90. The molecule has 0 spiro atoms. The van der Waals surface area contributed by atoms with E-state index in [0.29, 0.717) is 24.8 Å². The highest BCUT2D eigenvalue weighted by molar-refractivity contribution is 6.30. The van der Waals surface area contributed by atoms with Crippen LogP contribution in [0.1, 0.15) is 25.5 Å². The van der Waals surface area contributed by atoms with Crippen molar-refractivity contribution >= 4 is 29.9 Å². The minimum atomic E-state index is -0.481. The maximum atomic E-state index is 12.2. The van der Waals surface area contributed by atoms with Crippen LogP contribution in [0.25, 0.3) is 0 Å². The van der Waals surface area contributed by atoms with Crippen molar-refractivity contribution in [2.45, 2.75) is 25.9 Å². The standard InChI is InChI=1S/C17H26ClN3O2.ClH/c1-12(2)16(19)17(22)20-11-15(21-7-9-23-10-8-21)13-3-5-14(18)6-4-13;/h3-6,12,15-16H,7-11,19H2,1-2H3,(H,20,22);1H/t15?,16-;/m0./s1. The first-order chi connectivity index (χ1) is 11.0. The summed E-state index contributed by atoms with van der Waals surface area (Å²) in [5.74, 6) is 0.0135. The van der Waals surface area contributed by atoms with Crippen LogP contribution in [0.2, 0.25) is 5.02 Å². The zero-order valence-electron chi connectivity index (χ0n) is 14.2. The van der Waals surface area contributed by atoms with E-state index in [2.05, 4.69) is 10.2 Å². The molecule has 0 aliphatic carbocycles. The second-order valence-electron chi connectivity index (χ2n) is 6.23. The van der Waals surface area contributed by atoms with Crippen molar-refractivity contribution in [3.05, 3.63) is 34.9 Å². The molecule has 2 atom stereocenters. The maximum absolute atomic E-state index is 12.2. The Balaban J connectivity index is 0.00000288. The van der Waals surface area contributed by atoms with Crippen molar-refractivity contribution in [2.24, 2.45) is 11.7 Å². The Kier molecular flexibility index (Phi) is 9.02. The van der Waals surface area contributed by atoms with Crippen LogP contribution < -0.4 is 11.1 Å². The summed E-state index contributed by atoms with van der Waals surface area (Å²) in [7, 11) is 0. The number of hydrogen-bond acceptors (Lipinski definition) is 4.